The molecule has 0 aliphatic heterocycles. The summed E-state index contributed by atoms with van der Waals surface area (Å²) in [4.78, 5) is 9.35. The van der Waals surface area contributed by atoms with Gasteiger partial charge in [-0.25, -0.2) is 9.97 Å². The molecule has 0 bridgehead atoms. The van der Waals surface area contributed by atoms with Crippen molar-refractivity contribution in [2.75, 3.05) is 0 Å². The van der Waals surface area contributed by atoms with Crippen LogP contribution in [0.5, 0.6) is 0 Å². The van der Waals surface area contributed by atoms with Gasteiger partial charge < -0.3 is 0 Å². The van der Waals surface area contributed by atoms with Crippen molar-refractivity contribution in [2.45, 2.75) is 20.2 Å². The van der Waals surface area contributed by atoms with Gasteiger partial charge in [-0.1, -0.05) is 59.1 Å². The predicted molar refractivity (Wildman–Crippen MR) is 118 cm³/mol. The van der Waals surface area contributed by atoms with E-state index in [1.54, 1.807) is 57.5 Å². The molecular formula is C18H12N4S5. The second-order valence-corrected chi connectivity index (χ2v) is 11.2. The molecular weight excluding hydrogens is 433 g/mol. The summed E-state index contributed by atoms with van der Waals surface area (Å²) in [6.45, 7) is 0. The van der Waals surface area contributed by atoms with Gasteiger partial charge in [0.05, 0.1) is 31.9 Å². The van der Waals surface area contributed by atoms with E-state index in [0.717, 1.165) is 41.2 Å². The smallest absolute Gasteiger partial charge is 0.175 e. The number of rotatable bonds is 6. The Morgan fingerprint density at radius 3 is 1.59 bits per heavy atom. The molecule has 0 saturated carbocycles. The third-order valence-corrected chi connectivity index (χ3v) is 9.35. The van der Waals surface area contributed by atoms with Crippen molar-refractivity contribution in [2.24, 2.45) is 0 Å². The molecule has 0 fully saturated rings. The number of aromatic nitrogens is 4. The quantitative estimate of drug-likeness (QED) is 0.285. The zero-order valence-electron chi connectivity index (χ0n) is 13.9. The minimum Gasteiger partial charge on any atom is -0.240 e. The average Bonchev–Trinajstić information content (AvgIpc) is 3.41. The van der Waals surface area contributed by atoms with E-state index in [0.29, 0.717) is 0 Å². The first-order valence-corrected chi connectivity index (χ1v) is 12.5. The fourth-order valence-corrected chi connectivity index (χ4v) is 7.46. The van der Waals surface area contributed by atoms with Crippen LogP contribution in [0.2, 0.25) is 0 Å². The largest absolute Gasteiger partial charge is 0.240 e. The summed E-state index contributed by atoms with van der Waals surface area (Å²) < 4.78 is 4.44. The maximum Gasteiger partial charge on any atom is 0.175 e. The molecule has 3 aromatic heterocycles. The van der Waals surface area contributed by atoms with Gasteiger partial charge in [-0.2, -0.15) is 0 Å². The Bertz CT molecular complexity index is 1050. The molecule has 3 heterocycles. The van der Waals surface area contributed by atoms with Gasteiger partial charge in [-0.05, 0) is 24.3 Å². The van der Waals surface area contributed by atoms with E-state index in [1.807, 2.05) is 12.1 Å². The van der Waals surface area contributed by atoms with Gasteiger partial charge in [0.2, 0.25) is 0 Å². The van der Waals surface area contributed by atoms with Crippen LogP contribution in [0.1, 0.15) is 10.0 Å². The van der Waals surface area contributed by atoms with E-state index in [4.69, 9.17) is 0 Å². The molecule has 9 heteroatoms. The number of thiazole rings is 2. The lowest BCUT2D eigenvalue weighted by atomic mass is 10.3. The predicted octanol–water partition coefficient (Wildman–Crippen LogP) is 6.34. The Morgan fingerprint density at radius 2 is 1.11 bits per heavy atom. The van der Waals surface area contributed by atoms with Crippen molar-refractivity contribution in [3.8, 4) is 0 Å². The summed E-state index contributed by atoms with van der Waals surface area (Å²) in [6, 6.07) is 16.5. The van der Waals surface area contributed by atoms with Gasteiger partial charge in [0.1, 0.15) is 10.0 Å². The lowest BCUT2D eigenvalue weighted by Gasteiger charge is -1.92. The van der Waals surface area contributed by atoms with Crippen LogP contribution in [0.25, 0.3) is 20.4 Å². The van der Waals surface area contributed by atoms with Crippen LogP contribution in [0, 0.1) is 0 Å². The van der Waals surface area contributed by atoms with Crippen molar-refractivity contribution in [1.82, 2.24) is 20.2 Å². The molecule has 0 aliphatic carbocycles. The van der Waals surface area contributed by atoms with Gasteiger partial charge in [-0.3, -0.25) is 0 Å². The number of benzene rings is 2. The second kappa shape index (κ2) is 7.84. The molecule has 134 valence electrons. The second-order valence-electron chi connectivity index (χ2n) is 5.56. The van der Waals surface area contributed by atoms with Gasteiger partial charge in [0, 0.05) is 0 Å². The first kappa shape index (κ1) is 17.6. The zero-order chi connectivity index (χ0) is 18.1. The summed E-state index contributed by atoms with van der Waals surface area (Å²) in [7, 11) is 0. The Labute approximate surface area is 176 Å². The van der Waals surface area contributed by atoms with E-state index in [-0.39, 0.29) is 0 Å². The summed E-state index contributed by atoms with van der Waals surface area (Å²) >= 11 is 8.54. The molecule has 0 unspecified atom stereocenters. The van der Waals surface area contributed by atoms with Crippen molar-refractivity contribution in [1.29, 1.82) is 0 Å². The molecule has 2 aromatic carbocycles. The molecule has 0 amide bonds. The third-order valence-electron chi connectivity index (χ3n) is 3.70. The number of nitrogens with zero attached hydrogens (tertiary/aromatic N) is 4. The monoisotopic (exact) mass is 444 g/mol. The first-order chi connectivity index (χ1) is 13.3. The lowest BCUT2D eigenvalue weighted by molar-refractivity contribution is 0.954. The standard InChI is InChI=1S/C18H12N4S5/c1-3-7-13-11(5-1)19-15(25-13)9-23-17-21-22-18(27-17)24-10-16-20-12-6-2-4-8-14(12)26-16/h1-8H,9-10H2. The average molecular weight is 445 g/mol. The summed E-state index contributed by atoms with van der Waals surface area (Å²) in [5.74, 6) is 1.66. The molecule has 0 radical (unpaired) electrons. The normalized spacial score (nSPS) is 11.6. The van der Waals surface area contributed by atoms with Crippen LogP contribution >= 0.6 is 57.5 Å². The van der Waals surface area contributed by atoms with Crippen LogP contribution in [-0.2, 0) is 11.5 Å². The van der Waals surface area contributed by atoms with Crippen LogP contribution in [0.15, 0.2) is 57.2 Å². The number of hydrogen-bond acceptors (Lipinski definition) is 9. The Morgan fingerprint density at radius 1 is 0.630 bits per heavy atom. The van der Waals surface area contributed by atoms with Crippen molar-refractivity contribution >= 4 is 78.0 Å². The minimum absolute atomic E-state index is 0.830. The van der Waals surface area contributed by atoms with Crippen molar-refractivity contribution < 1.29 is 0 Å². The molecule has 0 atom stereocenters. The SMILES string of the molecule is c1ccc2sc(CSc3nnc(SCc4nc5ccccc5s4)s3)nc2c1. The Hall–Kier alpha value is -1.52. The molecule has 27 heavy (non-hydrogen) atoms. The molecule has 4 nitrogen and oxygen atoms in total. The van der Waals surface area contributed by atoms with Crippen molar-refractivity contribution in [3.63, 3.8) is 0 Å². The van der Waals surface area contributed by atoms with E-state index in [9.17, 15) is 0 Å². The lowest BCUT2D eigenvalue weighted by Crippen LogP contribution is -1.78. The van der Waals surface area contributed by atoms with E-state index in [2.05, 4.69) is 56.6 Å². The van der Waals surface area contributed by atoms with Gasteiger partial charge >= 0.3 is 0 Å². The number of hydrogen-bond donors (Lipinski definition) is 0. The van der Waals surface area contributed by atoms with Gasteiger partial charge in [0.25, 0.3) is 0 Å². The fourth-order valence-electron chi connectivity index (χ4n) is 2.52. The van der Waals surface area contributed by atoms with E-state index >= 15 is 0 Å². The molecule has 0 N–H and O–H groups in total. The number of fused-ring (bicyclic) bond motifs is 2. The highest BCUT2D eigenvalue weighted by Crippen LogP contribution is 2.34. The summed E-state index contributed by atoms with van der Waals surface area (Å²) in [6.07, 6.45) is 0. The fraction of sp³-hybridized carbons (Fsp3) is 0.111. The highest BCUT2D eigenvalue weighted by molar-refractivity contribution is 8.02. The highest BCUT2D eigenvalue weighted by Gasteiger charge is 2.10. The first-order valence-electron chi connectivity index (χ1n) is 8.11. The molecule has 5 aromatic rings. The Balaban J connectivity index is 1.20. The summed E-state index contributed by atoms with van der Waals surface area (Å²) in [5, 5.41) is 10.9. The number of para-hydroxylation sites is 2. The minimum atomic E-state index is 0.830. The summed E-state index contributed by atoms with van der Waals surface area (Å²) in [5.41, 5.74) is 2.14. The molecule has 0 aliphatic rings. The van der Waals surface area contributed by atoms with Crippen molar-refractivity contribution in [3.05, 3.63) is 58.5 Å². The third kappa shape index (κ3) is 4.02. The van der Waals surface area contributed by atoms with E-state index in [1.165, 1.54) is 9.40 Å². The molecule has 0 saturated heterocycles. The Kier molecular flexibility index (Phi) is 5.10. The zero-order valence-corrected chi connectivity index (χ0v) is 17.9. The van der Waals surface area contributed by atoms with Gasteiger partial charge in [0.15, 0.2) is 8.68 Å². The number of thioether (sulfide) groups is 2. The molecule has 0 spiro atoms. The maximum absolute atomic E-state index is 4.67. The van der Waals surface area contributed by atoms with E-state index < -0.39 is 0 Å². The topological polar surface area (TPSA) is 51.6 Å². The van der Waals surface area contributed by atoms with Crippen LogP contribution in [0.4, 0.5) is 0 Å². The van der Waals surface area contributed by atoms with Crippen LogP contribution in [0.3, 0.4) is 0 Å². The maximum atomic E-state index is 4.67. The van der Waals surface area contributed by atoms with Crippen LogP contribution < -0.4 is 0 Å². The molecule has 5 rings (SSSR count). The highest BCUT2D eigenvalue weighted by atomic mass is 32.2. The van der Waals surface area contributed by atoms with Crippen LogP contribution in [-0.4, -0.2) is 20.2 Å². The van der Waals surface area contributed by atoms with Gasteiger partial charge in [-0.15, -0.1) is 32.9 Å².